The van der Waals surface area contributed by atoms with Gasteiger partial charge in [-0.3, -0.25) is 19.3 Å². The summed E-state index contributed by atoms with van der Waals surface area (Å²) in [6.07, 6.45) is 0. The summed E-state index contributed by atoms with van der Waals surface area (Å²) < 4.78 is 0. The van der Waals surface area contributed by atoms with Crippen LogP contribution < -0.4 is 5.32 Å². The first-order valence-electron chi connectivity index (χ1n) is 7.93. The standard InChI is InChI=1S/C18H17N3O4S/c1-11-5-6-12(2)14(8-11)19-15(22)10-21-17(24)16(23)20(18(21)25)9-13-4-3-7-26-13/h3-8H,9-10H2,1-2H3,(H,19,22). The Morgan fingerprint density at radius 2 is 1.81 bits per heavy atom. The number of hydrogen-bond donors (Lipinski definition) is 1. The number of imide groups is 2. The van der Waals surface area contributed by atoms with Crippen LogP contribution in [0.4, 0.5) is 10.5 Å². The van der Waals surface area contributed by atoms with Crippen LogP contribution in [0.5, 0.6) is 0 Å². The highest BCUT2D eigenvalue weighted by atomic mass is 32.1. The number of nitrogens with zero attached hydrogens (tertiary/aromatic N) is 2. The lowest BCUT2D eigenvalue weighted by Crippen LogP contribution is -2.38. The van der Waals surface area contributed by atoms with Crippen LogP contribution in [0.15, 0.2) is 35.7 Å². The van der Waals surface area contributed by atoms with Crippen molar-refractivity contribution in [2.45, 2.75) is 20.4 Å². The second-order valence-electron chi connectivity index (χ2n) is 6.01. The zero-order valence-electron chi connectivity index (χ0n) is 14.3. The Morgan fingerprint density at radius 3 is 2.50 bits per heavy atom. The van der Waals surface area contributed by atoms with E-state index >= 15 is 0 Å². The fourth-order valence-electron chi connectivity index (χ4n) is 2.59. The van der Waals surface area contributed by atoms with Crippen molar-refractivity contribution in [2.24, 2.45) is 0 Å². The van der Waals surface area contributed by atoms with Gasteiger partial charge in [-0.2, -0.15) is 0 Å². The molecule has 7 nitrogen and oxygen atoms in total. The summed E-state index contributed by atoms with van der Waals surface area (Å²) in [5, 5.41) is 4.50. The van der Waals surface area contributed by atoms with Gasteiger partial charge in [0.25, 0.3) is 0 Å². The molecule has 2 aromatic rings. The first-order valence-corrected chi connectivity index (χ1v) is 8.81. The zero-order valence-corrected chi connectivity index (χ0v) is 15.1. The summed E-state index contributed by atoms with van der Waals surface area (Å²) in [6, 6.07) is 8.37. The van der Waals surface area contributed by atoms with Gasteiger partial charge in [-0.25, -0.2) is 9.69 Å². The van der Waals surface area contributed by atoms with Crippen molar-refractivity contribution in [3.8, 4) is 0 Å². The van der Waals surface area contributed by atoms with Gasteiger partial charge >= 0.3 is 17.8 Å². The second kappa shape index (κ2) is 7.09. The quantitative estimate of drug-likeness (QED) is 0.645. The Morgan fingerprint density at radius 1 is 1.08 bits per heavy atom. The van der Waals surface area contributed by atoms with Crippen molar-refractivity contribution in [3.63, 3.8) is 0 Å². The van der Waals surface area contributed by atoms with Crippen LogP contribution in [0.1, 0.15) is 16.0 Å². The highest BCUT2D eigenvalue weighted by Gasteiger charge is 2.45. The molecule has 134 valence electrons. The minimum Gasteiger partial charge on any atom is -0.324 e. The van der Waals surface area contributed by atoms with E-state index in [4.69, 9.17) is 0 Å². The molecule has 8 heteroatoms. The van der Waals surface area contributed by atoms with Gasteiger partial charge in [0.1, 0.15) is 6.54 Å². The maximum Gasteiger partial charge on any atom is 0.335 e. The van der Waals surface area contributed by atoms with Crippen LogP contribution in [0, 0.1) is 13.8 Å². The molecule has 0 saturated carbocycles. The Kier molecular flexibility index (Phi) is 4.85. The van der Waals surface area contributed by atoms with E-state index in [1.54, 1.807) is 18.2 Å². The number of benzene rings is 1. The van der Waals surface area contributed by atoms with E-state index in [2.05, 4.69) is 5.32 Å². The predicted octanol–water partition coefficient (Wildman–Crippen LogP) is 2.29. The van der Waals surface area contributed by atoms with Crippen LogP contribution in [0.25, 0.3) is 0 Å². The molecular weight excluding hydrogens is 354 g/mol. The van der Waals surface area contributed by atoms with Crippen molar-refractivity contribution in [2.75, 3.05) is 11.9 Å². The van der Waals surface area contributed by atoms with Gasteiger partial charge in [-0.15, -0.1) is 11.3 Å². The molecule has 0 bridgehead atoms. The third kappa shape index (κ3) is 3.50. The molecule has 5 amide bonds. The molecule has 0 spiro atoms. The lowest BCUT2D eigenvalue weighted by Gasteiger charge is -2.15. The molecule has 1 aliphatic rings. The lowest BCUT2D eigenvalue weighted by atomic mass is 10.1. The molecule has 0 unspecified atom stereocenters. The summed E-state index contributed by atoms with van der Waals surface area (Å²) in [4.78, 5) is 51.2. The number of carbonyl (C=O) groups excluding carboxylic acids is 4. The largest absolute Gasteiger partial charge is 0.335 e. The normalized spacial score (nSPS) is 14.3. The number of urea groups is 1. The number of amides is 5. The Balaban J connectivity index is 1.69. The highest BCUT2D eigenvalue weighted by molar-refractivity contribution is 7.09. The van der Waals surface area contributed by atoms with Crippen LogP contribution >= 0.6 is 11.3 Å². The van der Waals surface area contributed by atoms with Gasteiger partial charge in [0.05, 0.1) is 6.54 Å². The monoisotopic (exact) mass is 371 g/mol. The average Bonchev–Trinajstić information content (AvgIpc) is 3.17. The average molecular weight is 371 g/mol. The SMILES string of the molecule is Cc1ccc(C)c(NC(=O)CN2C(=O)C(=O)N(Cc3cccs3)C2=O)c1. The van der Waals surface area contributed by atoms with Crippen LogP contribution in [0.2, 0.25) is 0 Å². The van der Waals surface area contributed by atoms with Gasteiger partial charge in [0, 0.05) is 10.6 Å². The van der Waals surface area contributed by atoms with Gasteiger partial charge in [0.15, 0.2) is 0 Å². The Hall–Kier alpha value is -3.00. The van der Waals surface area contributed by atoms with Crippen molar-refractivity contribution in [1.82, 2.24) is 9.80 Å². The molecule has 2 heterocycles. The van der Waals surface area contributed by atoms with E-state index in [0.717, 1.165) is 20.9 Å². The molecule has 1 aromatic carbocycles. The van der Waals surface area contributed by atoms with Crippen molar-refractivity contribution < 1.29 is 19.2 Å². The molecule has 0 atom stereocenters. The highest BCUT2D eigenvalue weighted by Crippen LogP contribution is 2.20. The third-order valence-corrected chi connectivity index (χ3v) is 4.86. The molecule has 0 aliphatic carbocycles. The summed E-state index contributed by atoms with van der Waals surface area (Å²) in [5.41, 5.74) is 2.44. The fraction of sp³-hybridized carbons (Fsp3) is 0.222. The maximum atomic E-state index is 12.4. The number of hydrogen-bond acceptors (Lipinski definition) is 5. The summed E-state index contributed by atoms with van der Waals surface area (Å²) in [7, 11) is 0. The predicted molar refractivity (Wildman–Crippen MR) is 96.5 cm³/mol. The van der Waals surface area contributed by atoms with Crippen molar-refractivity contribution in [3.05, 3.63) is 51.7 Å². The van der Waals surface area contributed by atoms with E-state index in [1.807, 2.05) is 31.4 Å². The van der Waals surface area contributed by atoms with Crippen molar-refractivity contribution >= 4 is 40.8 Å². The third-order valence-electron chi connectivity index (χ3n) is 4.00. The van der Waals surface area contributed by atoms with Gasteiger partial charge in [-0.1, -0.05) is 18.2 Å². The van der Waals surface area contributed by atoms with Crippen molar-refractivity contribution in [1.29, 1.82) is 0 Å². The molecule has 1 aliphatic heterocycles. The van der Waals surface area contributed by atoms with E-state index in [9.17, 15) is 19.2 Å². The van der Waals surface area contributed by atoms with Crippen LogP contribution in [0.3, 0.4) is 0 Å². The van der Waals surface area contributed by atoms with Crippen LogP contribution in [-0.4, -0.2) is 40.1 Å². The maximum absolute atomic E-state index is 12.4. The lowest BCUT2D eigenvalue weighted by molar-refractivity contribution is -0.143. The smallest absolute Gasteiger partial charge is 0.324 e. The number of rotatable bonds is 5. The van der Waals surface area contributed by atoms with E-state index < -0.39 is 30.3 Å². The van der Waals surface area contributed by atoms with Crippen LogP contribution in [-0.2, 0) is 20.9 Å². The molecule has 0 radical (unpaired) electrons. The molecule has 3 rings (SSSR count). The van der Waals surface area contributed by atoms with Gasteiger partial charge in [0.2, 0.25) is 5.91 Å². The number of nitrogens with one attached hydrogen (secondary N) is 1. The molecule has 1 saturated heterocycles. The number of aryl methyl sites for hydroxylation is 2. The van der Waals surface area contributed by atoms with E-state index in [1.165, 1.54) is 11.3 Å². The van der Waals surface area contributed by atoms with E-state index in [0.29, 0.717) is 10.6 Å². The minimum atomic E-state index is -0.984. The van der Waals surface area contributed by atoms with Gasteiger partial charge in [-0.05, 0) is 42.5 Å². The Bertz CT molecular complexity index is 892. The molecular formula is C18H17N3O4S. The Labute approximate surface area is 154 Å². The first kappa shape index (κ1) is 17.8. The number of anilines is 1. The molecule has 26 heavy (non-hydrogen) atoms. The summed E-state index contributed by atoms with van der Waals surface area (Å²) in [6.45, 7) is 3.26. The topological polar surface area (TPSA) is 86.8 Å². The minimum absolute atomic E-state index is 0.0240. The number of carbonyl (C=O) groups is 4. The molecule has 1 fully saturated rings. The summed E-state index contributed by atoms with van der Waals surface area (Å²) >= 11 is 1.38. The number of thiophene rings is 1. The molecule has 1 N–H and O–H groups in total. The fourth-order valence-corrected chi connectivity index (χ4v) is 3.28. The molecule has 1 aromatic heterocycles. The summed E-state index contributed by atoms with van der Waals surface area (Å²) in [5.74, 6) is -2.43. The van der Waals surface area contributed by atoms with E-state index in [-0.39, 0.29) is 6.54 Å². The zero-order chi connectivity index (χ0) is 18.8. The second-order valence-corrected chi connectivity index (χ2v) is 7.04. The van der Waals surface area contributed by atoms with Gasteiger partial charge < -0.3 is 5.32 Å². The first-order chi connectivity index (χ1) is 12.4.